The molecule has 0 aliphatic carbocycles. The van der Waals surface area contributed by atoms with E-state index >= 15 is 0 Å². The van der Waals surface area contributed by atoms with Crippen molar-refractivity contribution in [3.63, 3.8) is 0 Å². The molecule has 0 unspecified atom stereocenters. The smallest absolute Gasteiger partial charge is 0.344 e. The third-order valence-electron chi connectivity index (χ3n) is 2.35. The topological polar surface area (TPSA) is 63.6 Å². The molecule has 4 nitrogen and oxygen atoms in total. The number of hydrogen-bond acceptors (Lipinski definition) is 3. The lowest BCUT2D eigenvalue weighted by molar-refractivity contribution is -0.146. The van der Waals surface area contributed by atoms with Crippen LogP contribution in [0.3, 0.4) is 0 Å². The molecule has 0 radical (unpaired) electrons. The van der Waals surface area contributed by atoms with Gasteiger partial charge in [0.15, 0.2) is 6.10 Å². The normalized spacial score (nSPS) is 12.8. The quantitative estimate of drug-likeness (QED) is 0.816. The van der Waals surface area contributed by atoms with Gasteiger partial charge in [-0.3, -0.25) is 4.79 Å². The molecule has 0 aliphatic heterocycles. The van der Waals surface area contributed by atoms with Crippen LogP contribution in [-0.2, 0) is 4.79 Å². The van der Waals surface area contributed by atoms with Gasteiger partial charge in [0, 0.05) is 12.0 Å². The summed E-state index contributed by atoms with van der Waals surface area (Å²) in [5.74, 6) is -0.599. The molecule has 0 saturated heterocycles. The molecule has 0 saturated carbocycles. The van der Waals surface area contributed by atoms with Crippen molar-refractivity contribution in [2.45, 2.75) is 33.3 Å². The van der Waals surface area contributed by atoms with Crippen LogP contribution in [0.1, 0.15) is 37.6 Å². The molecule has 98 valence electrons. The van der Waals surface area contributed by atoms with E-state index in [-0.39, 0.29) is 5.41 Å². The lowest BCUT2D eigenvalue weighted by Gasteiger charge is -2.24. The second-order valence-corrected chi connectivity index (χ2v) is 5.40. The number of hydrogen-bond donors (Lipinski definition) is 1. The molecular weight excluding hydrogens is 232 g/mol. The van der Waals surface area contributed by atoms with E-state index in [4.69, 9.17) is 9.84 Å². The molecule has 1 atom stereocenters. The maximum Gasteiger partial charge on any atom is 0.344 e. The van der Waals surface area contributed by atoms with E-state index in [1.165, 1.54) is 6.07 Å². The Labute approximate surface area is 107 Å². The third-order valence-corrected chi connectivity index (χ3v) is 2.35. The van der Waals surface area contributed by atoms with E-state index < -0.39 is 12.1 Å². The molecule has 0 amide bonds. The van der Waals surface area contributed by atoms with Gasteiger partial charge in [-0.15, -0.1) is 0 Å². The molecule has 1 aromatic rings. The monoisotopic (exact) mass is 250 g/mol. The summed E-state index contributed by atoms with van der Waals surface area (Å²) in [6, 6.07) is 6.48. The lowest BCUT2D eigenvalue weighted by Crippen LogP contribution is -2.31. The van der Waals surface area contributed by atoms with Crippen molar-refractivity contribution in [1.29, 1.82) is 0 Å². The predicted molar refractivity (Wildman–Crippen MR) is 68.0 cm³/mol. The minimum absolute atomic E-state index is 0.147. The highest BCUT2D eigenvalue weighted by atomic mass is 16.5. The zero-order valence-corrected chi connectivity index (χ0v) is 10.8. The van der Waals surface area contributed by atoms with E-state index in [1.807, 2.05) is 20.8 Å². The second kappa shape index (κ2) is 5.67. The fourth-order valence-corrected chi connectivity index (χ4v) is 1.56. The second-order valence-electron chi connectivity index (χ2n) is 5.40. The highest BCUT2D eigenvalue weighted by Crippen LogP contribution is 2.24. The Kier molecular flexibility index (Phi) is 4.48. The number of ether oxygens (including phenoxy) is 1. The molecular formula is C14H18O4. The van der Waals surface area contributed by atoms with Gasteiger partial charge < -0.3 is 9.84 Å². The number of aldehydes is 1. The molecule has 0 fully saturated rings. The van der Waals surface area contributed by atoms with Gasteiger partial charge >= 0.3 is 5.97 Å². The van der Waals surface area contributed by atoms with Crippen molar-refractivity contribution in [2.75, 3.05) is 0 Å². The number of carbonyl (C=O) groups is 2. The summed E-state index contributed by atoms with van der Waals surface area (Å²) in [5.41, 5.74) is 0.318. The van der Waals surface area contributed by atoms with Gasteiger partial charge in [-0.2, -0.15) is 0 Å². The van der Waals surface area contributed by atoms with E-state index in [0.717, 1.165) is 0 Å². The van der Waals surface area contributed by atoms with Gasteiger partial charge in [0.25, 0.3) is 0 Å². The van der Waals surface area contributed by atoms with Crippen molar-refractivity contribution in [3.8, 4) is 5.75 Å². The number of benzene rings is 1. The number of rotatable bonds is 5. The van der Waals surface area contributed by atoms with Crippen LogP contribution in [0.25, 0.3) is 0 Å². The number of carboxylic acid groups (broad SMARTS) is 1. The van der Waals surface area contributed by atoms with Crippen LogP contribution in [0.15, 0.2) is 24.3 Å². The Balaban J connectivity index is 2.83. The summed E-state index contributed by atoms with van der Waals surface area (Å²) < 4.78 is 5.44. The fraction of sp³-hybridized carbons (Fsp3) is 0.429. The first kappa shape index (κ1) is 14.2. The largest absolute Gasteiger partial charge is 0.479 e. The third kappa shape index (κ3) is 4.57. The van der Waals surface area contributed by atoms with Crippen LogP contribution in [0.4, 0.5) is 0 Å². The van der Waals surface area contributed by atoms with Crippen LogP contribution in [0.2, 0.25) is 0 Å². The number of carboxylic acids is 1. The zero-order chi connectivity index (χ0) is 13.8. The molecule has 0 aliphatic rings. The van der Waals surface area contributed by atoms with Gasteiger partial charge in [0.1, 0.15) is 12.0 Å². The first-order chi connectivity index (χ1) is 8.31. The van der Waals surface area contributed by atoms with Crippen molar-refractivity contribution < 1.29 is 19.4 Å². The van der Waals surface area contributed by atoms with Crippen molar-refractivity contribution in [1.82, 2.24) is 0 Å². The first-order valence-corrected chi connectivity index (χ1v) is 5.76. The molecule has 0 heterocycles. The summed E-state index contributed by atoms with van der Waals surface area (Å²) in [6.07, 6.45) is 0.187. The van der Waals surface area contributed by atoms with E-state index in [2.05, 4.69) is 0 Å². The van der Waals surface area contributed by atoms with Crippen LogP contribution >= 0.6 is 0 Å². The molecule has 0 spiro atoms. The van der Waals surface area contributed by atoms with Crippen LogP contribution in [0, 0.1) is 5.41 Å². The number of carbonyl (C=O) groups excluding carboxylic acids is 1. The summed E-state index contributed by atoms with van der Waals surface area (Å²) in [5, 5.41) is 9.13. The Morgan fingerprint density at radius 3 is 2.61 bits per heavy atom. The van der Waals surface area contributed by atoms with E-state index in [1.54, 1.807) is 18.2 Å². The molecule has 4 heteroatoms. The van der Waals surface area contributed by atoms with Gasteiger partial charge in [-0.05, 0) is 17.5 Å². The maximum absolute atomic E-state index is 11.1. The standard InChI is InChI=1S/C14H18O4/c1-14(2,3)8-12(13(16)17)18-11-6-4-5-10(7-11)9-15/h4-7,9,12H,8H2,1-3H3,(H,16,17)/t12-/m0/s1. The molecule has 1 aromatic carbocycles. The Morgan fingerprint density at radius 2 is 2.11 bits per heavy atom. The van der Waals surface area contributed by atoms with E-state index in [9.17, 15) is 9.59 Å². The van der Waals surface area contributed by atoms with Crippen LogP contribution < -0.4 is 4.74 Å². The molecule has 0 bridgehead atoms. The minimum atomic E-state index is -0.999. The summed E-state index contributed by atoms with van der Waals surface area (Å²) in [7, 11) is 0. The van der Waals surface area contributed by atoms with Crippen LogP contribution in [0.5, 0.6) is 5.75 Å². The summed E-state index contributed by atoms with van der Waals surface area (Å²) >= 11 is 0. The Hall–Kier alpha value is -1.84. The van der Waals surface area contributed by atoms with Crippen molar-refractivity contribution in [2.24, 2.45) is 5.41 Å². The number of aliphatic carboxylic acids is 1. The molecule has 0 aromatic heterocycles. The van der Waals surface area contributed by atoms with Gasteiger partial charge in [0.05, 0.1) is 0 Å². The SMILES string of the molecule is CC(C)(C)C[C@H](Oc1cccc(C=O)c1)C(=O)O. The summed E-state index contributed by atoms with van der Waals surface area (Å²) in [6.45, 7) is 5.86. The maximum atomic E-state index is 11.1. The van der Waals surface area contributed by atoms with Gasteiger partial charge in [-0.1, -0.05) is 32.9 Å². The van der Waals surface area contributed by atoms with Gasteiger partial charge in [-0.25, -0.2) is 4.79 Å². The molecule has 1 N–H and O–H groups in total. The fourth-order valence-electron chi connectivity index (χ4n) is 1.56. The highest BCUT2D eigenvalue weighted by molar-refractivity contribution is 5.76. The Bertz CT molecular complexity index is 432. The average Bonchev–Trinajstić information content (AvgIpc) is 2.26. The summed E-state index contributed by atoms with van der Waals surface area (Å²) in [4.78, 5) is 21.8. The first-order valence-electron chi connectivity index (χ1n) is 5.76. The van der Waals surface area contributed by atoms with Crippen molar-refractivity contribution in [3.05, 3.63) is 29.8 Å². The minimum Gasteiger partial charge on any atom is -0.479 e. The van der Waals surface area contributed by atoms with Gasteiger partial charge in [0.2, 0.25) is 0 Å². The van der Waals surface area contributed by atoms with Crippen LogP contribution in [-0.4, -0.2) is 23.5 Å². The zero-order valence-electron chi connectivity index (χ0n) is 10.8. The average molecular weight is 250 g/mol. The van der Waals surface area contributed by atoms with E-state index in [0.29, 0.717) is 24.0 Å². The highest BCUT2D eigenvalue weighted by Gasteiger charge is 2.26. The molecule has 18 heavy (non-hydrogen) atoms. The molecule has 1 rings (SSSR count). The van der Waals surface area contributed by atoms with Crippen molar-refractivity contribution >= 4 is 12.3 Å². The Morgan fingerprint density at radius 1 is 1.44 bits per heavy atom. The predicted octanol–water partition coefficient (Wildman–Crippen LogP) is 2.77. The lowest BCUT2D eigenvalue weighted by atomic mass is 9.89.